The molecule has 0 saturated heterocycles. The van der Waals surface area contributed by atoms with Gasteiger partial charge in [-0.05, 0) is 48.6 Å². The highest BCUT2D eigenvalue weighted by Gasteiger charge is 2.09. The first-order valence-corrected chi connectivity index (χ1v) is 8.27. The zero-order chi connectivity index (χ0) is 15.8. The maximum atomic E-state index is 5.99. The van der Waals surface area contributed by atoms with Crippen molar-refractivity contribution in [3.8, 4) is 16.9 Å². The first kappa shape index (κ1) is 19.5. The van der Waals surface area contributed by atoms with Crippen molar-refractivity contribution >= 4 is 12.4 Å². The van der Waals surface area contributed by atoms with Gasteiger partial charge in [0, 0.05) is 6.04 Å². The number of hydrogen-bond donors (Lipinski definition) is 1. The molecule has 0 saturated carbocycles. The van der Waals surface area contributed by atoms with Crippen molar-refractivity contribution in [3.05, 3.63) is 54.1 Å². The third-order valence-electron chi connectivity index (χ3n) is 3.72. The lowest BCUT2D eigenvalue weighted by Gasteiger charge is -2.14. The van der Waals surface area contributed by atoms with E-state index in [1.54, 1.807) is 0 Å². The summed E-state index contributed by atoms with van der Waals surface area (Å²) >= 11 is 0. The summed E-state index contributed by atoms with van der Waals surface area (Å²) in [6.07, 6.45) is 4.42. The monoisotopic (exact) mass is 333 g/mol. The van der Waals surface area contributed by atoms with E-state index < -0.39 is 0 Å². The van der Waals surface area contributed by atoms with E-state index in [0.29, 0.717) is 0 Å². The molecule has 1 atom stereocenters. The second-order valence-electron chi connectivity index (χ2n) is 5.92. The molecule has 3 heteroatoms. The van der Waals surface area contributed by atoms with Crippen molar-refractivity contribution in [2.75, 3.05) is 6.61 Å². The first-order valence-electron chi connectivity index (χ1n) is 8.27. The third-order valence-corrected chi connectivity index (χ3v) is 3.72. The lowest BCUT2D eigenvalue weighted by molar-refractivity contribution is 0.306. The Morgan fingerprint density at radius 2 is 1.78 bits per heavy atom. The molecule has 0 aliphatic rings. The Labute approximate surface area is 146 Å². The molecule has 0 heterocycles. The molecule has 0 radical (unpaired) electrons. The Bertz CT molecular complexity index is 569. The largest absolute Gasteiger partial charge is 0.494 e. The molecule has 0 aliphatic carbocycles. The first-order chi connectivity index (χ1) is 10.7. The van der Waals surface area contributed by atoms with E-state index in [9.17, 15) is 0 Å². The van der Waals surface area contributed by atoms with E-state index in [1.165, 1.54) is 29.5 Å². The molecule has 2 N–H and O–H groups in total. The van der Waals surface area contributed by atoms with Crippen LogP contribution in [0, 0.1) is 0 Å². The molecule has 126 valence electrons. The van der Waals surface area contributed by atoms with Gasteiger partial charge in [0.05, 0.1) is 6.61 Å². The van der Waals surface area contributed by atoms with E-state index in [2.05, 4.69) is 49.4 Å². The smallest absolute Gasteiger partial charge is 0.119 e. The molecular formula is C20H28ClNO. The highest BCUT2D eigenvalue weighted by molar-refractivity contribution is 5.85. The van der Waals surface area contributed by atoms with Crippen LogP contribution in [0.3, 0.4) is 0 Å². The minimum atomic E-state index is 0. The van der Waals surface area contributed by atoms with Crippen molar-refractivity contribution < 1.29 is 4.74 Å². The van der Waals surface area contributed by atoms with Crippen LogP contribution >= 0.6 is 12.4 Å². The van der Waals surface area contributed by atoms with Crippen LogP contribution in [0.2, 0.25) is 0 Å². The van der Waals surface area contributed by atoms with E-state index >= 15 is 0 Å². The van der Waals surface area contributed by atoms with Crippen molar-refractivity contribution in [1.82, 2.24) is 0 Å². The average molecular weight is 334 g/mol. The van der Waals surface area contributed by atoms with Crippen molar-refractivity contribution in [2.45, 2.75) is 45.6 Å². The molecule has 0 bridgehead atoms. The lowest BCUT2D eigenvalue weighted by atomic mass is 9.95. The number of hydrogen-bond acceptors (Lipinski definition) is 2. The molecule has 0 amide bonds. The maximum absolute atomic E-state index is 5.99. The van der Waals surface area contributed by atoms with Crippen LogP contribution in [0.1, 0.15) is 38.7 Å². The highest BCUT2D eigenvalue weighted by Crippen LogP contribution is 2.29. The SMILES string of the molecule is CCCCCOc1ccc(CC(C)N)c(-c2ccccc2)c1.Cl. The Morgan fingerprint density at radius 3 is 2.43 bits per heavy atom. The maximum Gasteiger partial charge on any atom is 0.119 e. The van der Waals surface area contributed by atoms with Gasteiger partial charge in [0.1, 0.15) is 5.75 Å². The number of halogens is 1. The van der Waals surface area contributed by atoms with Gasteiger partial charge in [0.2, 0.25) is 0 Å². The minimum Gasteiger partial charge on any atom is -0.494 e. The van der Waals surface area contributed by atoms with Crippen LogP contribution in [0.15, 0.2) is 48.5 Å². The Morgan fingerprint density at radius 1 is 1.04 bits per heavy atom. The average Bonchev–Trinajstić information content (AvgIpc) is 2.53. The number of unbranched alkanes of at least 4 members (excludes halogenated alkanes) is 2. The molecule has 2 aromatic rings. The molecule has 0 aliphatic heterocycles. The number of benzene rings is 2. The van der Waals surface area contributed by atoms with E-state index in [-0.39, 0.29) is 18.4 Å². The second kappa shape index (κ2) is 10.3. The van der Waals surface area contributed by atoms with Gasteiger partial charge < -0.3 is 10.5 Å². The topological polar surface area (TPSA) is 35.2 Å². The third kappa shape index (κ3) is 6.25. The molecule has 2 nitrogen and oxygen atoms in total. The summed E-state index contributed by atoms with van der Waals surface area (Å²) in [6.45, 7) is 5.04. The summed E-state index contributed by atoms with van der Waals surface area (Å²) in [5.41, 5.74) is 9.72. The fourth-order valence-corrected chi connectivity index (χ4v) is 2.60. The van der Waals surface area contributed by atoms with Gasteiger partial charge in [0.25, 0.3) is 0 Å². The molecular weight excluding hydrogens is 306 g/mol. The van der Waals surface area contributed by atoms with Gasteiger partial charge in [0.15, 0.2) is 0 Å². The second-order valence-corrected chi connectivity index (χ2v) is 5.92. The normalized spacial score (nSPS) is 11.6. The predicted octanol–water partition coefficient (Wildman–Crippen LogP) is 5.23. The fraction of sp³-hybridized carbons (Fsp3) is 0.400. The summed E-state index contributed by atoms with van der Waals surface area (Å²) in [6, 6.07) is 17.0. The molecule has 1 unspecified atom stereocenters. The molecule has 2 rings (SSSR count). The standard InChI is InChI=1S/C20H27NO.ClH/c1-3-4-8-13-22-19-12-11-18(14-16(2)21)20(15-19)17-9-6-5-7-10-17;/h5-7,9-12,15-16H,3-4,8,13-14,21H2,1-2H3;1H. The zero-order valence-corrected chi connectivity index (χ0v) is 14.9. The van der Waals surface area contributed by atoms with Gasteiger partial charge in [-0.25, -0.2) is 0 Å². The van der Waals surface area contributed by atoms with Crippen LogP contribution < -0.4 is 10.5 Å². The summed E-state index contributed by atoms with van der Waals surface area (Å²) in [7, 11) is 0. The fourth-order valence-electron chi connectivity index (χ4n) is 2.60. The lowest BCUT2D eigenvalue weighted by Crippen LogP contribution is -2.18. The van der Waals surface area contributed by atoms with Crippen LogP contribution in [-0.4, -0.2) is 12.6 Å². The van der Waals surface area contributed by atoms with Crippen LogP contribution in [0.4, 0.5) is 0 Å². The molecule has 0 spiro atoms. The predicted molar refractivity (Wildman–Crippen MR) is 101 cm³/mol. The molecule has 0 fully saturated rings. The van der Waals surface area contributed by atoms with Crippen molar-refractivity contribution in [2.24, 2.45) is 5.73 Å². The quantitative estimate of drug-likeness (QED) is 0.671. The number of nitrogens with two attached hydrogens (primary N) is 1. The van der Waals surface area contributed by atoms with E-state index in [0.717, 1.165) is 25.2 Å². The molecule has 23 heavy (non-hydrogen) atoms. The van der Waals surface area contributed by atoms with Crippen molar-refractivity contribution in [1.29, 1.82) is 0 Å². The van der Waals surface area contributed by atoms with Gasteiger partial charge >= 0.3 is 0 Å². The Balaban J connectivity index is 0.00000264. The summed E-state index contributed by atoms with van der Waals surface area (Å²) in [5, 5.41) is 0. The van der Waals surface area contributed by atoms with Crippen LogP contribution in [0.25, 0.3) is 11.1 Å². The Kier molecular flexibility index (Phi) is 8.75. The van der Waals surface area contributed by atoms with Crippen LogP contribution in [0.5, 0.6) is 5.75 Å². The van der Waals surface area contributed by atoms with Gasteiger partial charge in [-0.15, -0.1) is 12.4 Å². The summed E-state index contributed by atoms with van der Waals surface area (Å²) in [4.78, 5) is 0. The zero-order valence-electron chi connectivity index (χ0n) is 14.1. The minimum absolute atomic E-state index is 0. The summed E-state index contributed by atoms with van der Waals surface area (Å²) in [5.74, 6) is 0.948. The molecule has 2 aromatic carbocycles. The van der Waals surface area contributed by atoms with Crippen LogP contribution in [-0.2, 0) is 6.42 Å². The Hall–Kier alpha value is -1.51. The van der Waals surface area contributed by atoms with E-state index in [4.69, 9.17) is 10.5 Å². The number of ether oxygens (including phenoxy) is 1. The number of rotatable bonds is 8. The van der Waals surface area contributed by atoms with Gasteiger partial charge in [-0.3, -0.25) is 0 Å². The van der Waals surface area contributed by atoms with E-state index in [1.807, 2.05) is 13.0 Å². The summed E-state index contributed by atoms with van der Waals surface area (Å²) < 4.78 is 5.90. The molecule has 0 aromatic heterocycles. The van der Waals surface area contributed by atoms with Gasteiger partial charge in [-0.2, -0.15) is 0 Å². The highest BCUT2D eigenvalue weighted by atomic mass is 35.5. The van der Waals surface area contributed by atoms with Gasteiger partial charge in [-0.1, -0.05) is 56.2 Å². The van der Waals surface area contributed by atoms with Crippen molar-refractivity contribution in [3.63, 3.8) is 0 Å².